The number of anilines is 3. The molecule has 0 saturated carbocycles. The predicted molar refractivity (Wildman–Crippen MR) is 106 cm³/mol. The van der Waals surface area contributed by atoms with Gasteiger partial charge in [-0.25, -0.2) is 14.0 Å². The highest BCUT2D eigenvalue weighted by molar-refractivity contribution is 6.32. The number of aromatic nitrogens is 4. The molecule has 2 aromatic heterocycles. The summed E-state index contributed by atoms with van der Waals surface area (Å²) in [4.78, 5) is 18.9. The van der Waals surface area contributed by atoms with Gasteiger partial charge in [-0.1, -0.05) is 17.7 Å². The van der Waals surface area contributed by atoms with Crippen LogP contribution in [0.4, 0.5) is 27.4 Å². The van der Waals surface area contributed by atoms with Crippen LogP contribution in [0.2, 0.25) is 5.02 Å². The first kappa shape index (κ1) is 19.1. The van der Waals surface area contributed by atoms with Gasteiger partial charge >= 0.3 is 0 Å². The van der Waals surface area contributed by atoms with Crippen molar-refractivity contribution in [2.45, 2.75) is 0 Å². The average molecular weight is 429 g/mol. The Morgan fingerprint density at radius 3 is 2.50 bits per heavy atom. The second-order valence-electron chi connectivity index (χ2n) is 5.80. The molecule has 0 amide bonds. The van der Waals surface area contributed by atoms with Gasteiger partial charge in [0.1, 0.15) is 10.8 Å². The zero-order valence-electron chi connectivity index (χ0n) is 14.8. The zero-order valence-corrected chi connectivity index (χ0v) is 15.5. The number of nitrogens with one attached hydrogen (secondary N) is 2. The van der Waals surface area contributed by atoms with E-state index in [1.54, 1.807) is 6.07 Å². The molecule has 150 valence electrons. The predicted octanol–water partition coefficient (Wildman–Crippen LogP) is 3.90. The second kappa shape index (κ2) is 8.05. The van der Waals surface area contributed by atoms with Crippen LogP contribution >= 0.6 is 11.6 Å². The van der Waals surface area contributed by atoms with Gasteiger partial charge in [0, 0.05) is 17.3 Å². The van der Waals surface area contributed by atoms with Gasteiger partial charge in [-0.05, 0) is 40.6 Å². The van der Waals surface area contributed by atoms with Gasteiger partial charge in [0.2, 0.25) is 11.3 Å². The molecule has 0 bridgehead atoms. The standard InChI is InChI=1S/C17H10ClFN8O3/c18-12-6-1-9(7-13(12)27(28)29)8-20-24-15-14(21-11-4-2-10(19)3-5-11)22-16-17(23-15)26-30-25-16/h1-8H,(H,21,22,25)(H,23,24,26)/b20-8+. The molecule has 4 aromatic rings. The van der Waals surface area contributed by atoms with Crippen molar-refractivity contribution < 1.29 is 13.9 Å². The molecule has 0 aliphatic rings. The maximum Gasteiger partial charge on any atom is 0.288 e. The summed E-state index contributed by atoms with van der Waals surface area (Å²) in [7, 11) is 0. The fourth-order valence-corrected chi connectivity index (χ4v) is 2.58. The molecule has 0 spiro atoms. The number of hydrazone groups is 1. The number of rotatable bonds is 6. The number of benzene rings is 2. The van der Waals surface area contributed by atoms with Gasteiger partial charge < -0.3 is 5.32 Å². The lowest BCUT2D eigenvalue weighted by molar-refractivity contribution is -0.384. The smallest absolute Gasteiger partial charge is 0.288 e. The van der Waals surface area contributed by atoms with Crippen molar-refractivity contribution >= 4 is 52.1 Å². The van der Waals surface area contributed by atoms with Crippen molar-refractivity contribution in [3.63, 3.8) is 0 Å². The Labute approximate surface area is 171 Å². The van der Waals surface area contributed by atoms with E-state index in [1.807, 2.05) is 0 Å². The molecule has 2 aromatic carbocycles. The molecule has 30 heavy (non-hydrogen) atoms. The van der Waals surface area contributed by atoms with Crippen LogP contribution in [0.15, 0.2) is 52.2 Å². The van der Waals surface area contributed by atoms with Crippen LogP contribution in [0.5, 0.6) is 0 Å². The number of nitrogens with zero attached hydrogens (tertiary/aromatic N) is 6. The molecule has 0 aliphatic carbocycles. The number of nitro benzene ring substituents is 1. The SMILES string of the molecule is O=[N+]([O-])c1cc(/C=N/Nc2nc3nonc3nc2Nc2ccc(F)cc2)ccc1Cl. The molecule has 11 nitrogen and oxygen atoms in total. The van der Waals surface area contributed by atoms with E-state index in [-0.39, 0.29) is 39.5 Å². The van der Waals surface area contributed by atoms with Crippen LogP contribution in [-0.4, -0.2) is 31.4 Å². The normalized spacial score (nSPS) is 11.1. The van der Waals surface area contributed by atoms with Crippen molar-refractivity contribution in [1.29, 1.82) is 0 Å². The summed E-state index contributed by atoms with van der Waals surface area (Å²) in [5.41, 5.74) is 3.72. The Kier molecular flexibility index (Phi) is 5.13. The Bertz CT molecular complexity index is 1260. The lowest BCUT2D eigenvalue weighted by Crippen LogP contribution is -2.03. The van der Waals surface area contributed by atoms with Gasteiger partial charge in [0.15, 0.2) is 11.6 Å². The van der Waals surface area contributed by atoms with Crippen LogP contribution < -0.4 is 10.7 Å². The van der Waals surface area contributed by atoms with E-state index in [1.165, 1.54) is 42.6 Å². The summed E-state index contributed by atoms with van der Waals surface area (Å²) >= 11 is 5.80. The minimum absolute atomic E-state index is 0.0192. The van der Waals surface area contributed by atoms with Gasteiger partial charge in [-0.2, -0.15) is 10.1 Å². The van der Waals surface area contributed by atoms with E-state index in [0.717, 1.165) is 0 Å². The highest BCUT2D eigenvalue weighted by Crippen LogP contribution is 2.25. The number of hydrogen-bond acceptors (Lipinski definition) is 10. The third-order valence-corrected chi connectivity index (χ3v) is 4.09. The summed E-state index contributed by atoms with van der Waals surface area (Å²) in [5, 5.41) is 25.3. The van der Waals surface area contributed by atoms with E-state index in [4.69, 9.17) is 11.6 Å². The van der Waals surface area contributed by atoms with Crippen molar-refractivity contribution in [2.75, 3.05) is 10.7 Å². The van der Waals surface area contributed by atoms with Crippen LogP contribution in [0.25, 0.3) is 11.3 Å². The number of fused-ring (bicyclic) bond motifs is 1. The van der Waals surface area contributed by atoms with E-state index >= 15 is 0 Å². The molecule has 0 saturated heterocycles. The maximum atomic E-state index is 13.1. The first-order valence-corrected chi connectivity index (χ1v) is 8.63. The quantitative estimate of drug-likeness (QED) is 0.265. The summed E-state index contributed by atoms with van der Waals surface area (Å²) in [5.74, 6) is 0.00840. The highest BCUT2D eigenvalue weighted by Gasteiger charge is 2.14. The lowest BCUT2D eigenvalue weighted by atomic mass is 10.2. The van der Waals surface area contributed by atoms with E-state index in [9.17, 15) is 14.5 Å². The lowest BCUT2D eigenvalue weighted by Gasteiger charge is -2.09. The molecule has 0 unspecified atom stereocenters. The molecular formula is C17H10ClFN8O3. The Balaban J connectivity index is 1.61. The molecule has 2 N–H and O–H groups in total. The van der Waals surface area contributed by atoms with Crippen LogP contribution in [0, 0.1) is 15.9 Å². The van der Waals surface area contributed by atoms with Crippen LogP contribution in [0.3, 0.4) is 0 Å². The Morgan fingerprint density at radius 2 is 1.80 bits per heavy atom. The van der Waals surface area contributed by atoms with E-state index in [2.05, 4.69) is 40.8 Å². The third kappa shape index (κ3) is 4.12. The van der Waals surface area contributed by atoms with Crippen molar-refractivity contribution in [2.24, 2.45) is 5.10 Å². The number of nitro groups is 1. The largest absolute Gasteiger partial charge is 0.337 e. The summed E-state index contributed by atoms with van der Waals surface area (Å²) in [6.45, 7) is 0. The Morgan fingerprint density at radius 1 is 1.10 bits per heavy atom. The topological polar surface area (TPSA) is 144 Å². The van der Waals surface area contributed by atoms with Crippen molar-refractivity contribution in [3.05, 3.63) is 69.0 Å². The van der Waals surface area contributed by atoms with Gasteiger partial charge in [-0.3, -0.25) is 15.5 Å². The van der Waals surface area contributed by atoms with E-state index < -0.39 is 4.92 Å². The first-order valence-electron chi connectivity index (χ1n) is 8.25. The fourth-order valence-electron chi connectivity index (χ4n) is 2.39. The average Bonchev–Trinajstić information content (AvgIpc) is 3.18. The van der Waals surface area contributed by atoms with Crippen molar-refractivity contribution in [1.82, 2.24) is 20.3 Å². The summed E-state index contributed by atoms with van der Waals surface area (Å²) < 4.78 is 17.8. The Hall–Kier alpha value is -4.19. The number of hydrogen-bond donors (Lipinski definition) is 2. The zero-order chi connectivity index (χ0) is 21.1. The van der Waals surface area contributed by atoms with Gasteiger partial charge in [0.25, 0.3) is 5.69 Å². The highest BCUT2D eigenvalue weighted by atomic mass is 35.5. The molecule has 0 atom stereocenters. The minimum Gasteiger partial charge on any atom is -0.337 e. The van der Waals surface area contributed by atoms with Crippen LogP contribution in [-0.2, 0) is 0 Å². The summed E-state index contributed by atoms with van der Waals surface area (Å²) in [6.07, 6.45) is 1.35. The third-order valence-electron chi connectivity index (χ3n) is 3.77. The molecule has 2 heterocycles. The van der Waals surface area contributed by atoms with Gasteiger partial charge in [0.05, 0.1) is 11.1 Å². The first-order chi connectivity index (χ1) is 14.5. The molecular weight excluding hydrogens is 419 g/mol. The number of halogens is 2. The minimum atomic E-state index is -0.588. The molecule has 0 fully saturated rings. The molecule has 4 rings (SSSR count). The summed E-state index contributed by atoms with van der Waals surface area (Å²) in [6, 6.07) is 9.84. The fraction of sp³-hybridized carbons (Fsp3) is 0. The van der Waals surface area contributed by atoms with Gasteiger partial charge in [-0.15, -0.1) is 0 Å². The van der Waals surface area contributed by atoms with E-state index in [0.29, 0.717) is 11.3 Å². The monoisotopic (exact) mass is 428 g/mol. The molecule has 0 radical (unpaired) electrons. The van der Waals surface area contributed by atoms with Crippen LogP contribution in [0.1, 0.15) is 5.56 Å². The molecule has 13 heteroatoms. The van der Waals surface area contributed by atoms with Crippen molar-refractivity contribution in [3.8, 4) is 0 Å². The molecule has 0 aliphatic heterocycles. The maximum absolute atomic E-state index is 13.1. The second-order valence-corrected chi connectivity index (χ2v) is 6.21.